The first-order chi connectivity index (χ1) is 13.5. The lowest BCUT2D eigenvalue weighted by Crippen LogP contribution is -2.44. The largest absolute Gasteiger partial charge is 0.492 e. The molecule has 0 saturated carbocycles. The highest BCUT2D eigenvalue weighted by Crippen LogP contribution is 2.26. The molecule has 0 atom stereocenters. The van der Waals surface area contributed by atoms with Crippen LogP contribution in [0.1, 0.15) is 5.56 Å². The molecule has 0 aromatic heterocycles. The maximum atomic E-state index is 12.2. The van der Waals surface area contributed by atoms with Crippen molar-refractivity contribution in [1.29, 1.82) is 0 Å². The van der Waals surface area contributed by atoms with Crippen molar-refractivity contribution in [3.05, 3.63) is 52.0 Å². The van der Waals surface area contributed by atoms with E-state index in [0.717, 1.165) is 44.0 Å². The second-order valence-electron chi connectivity index (χ2n) is 6.63. The van der Waals surface area contributed by atoms with E-state index in [0.29, 0.717) is 28.0 Å². The van der Waals surface area contributed by atoms with Gasteiger partial charge in [0.05, 0.1) is 10.0 Å². The standard InChI is InChI=1S/C20H24Cl2N4O2.4ClH/c1-14-2-3-16(13-19(14)28-11-10-26-8-6-23-7-9-26)25-20(27)24-15-4-5-17(21)18(22)12-15;;;;/h2-5,12-13,23H,6-11H2,1H3,(H2,24,25,27);4*1H. The van der Waals surface area contributed by atoms with Crippen molar-refractivity contribution in [2.75, 3.05) is 50.0 Å². The fourth-order valence-electron chi connectivity index (χ4n) is 2.92. The molecule has 6 nitrogen and oxygen atoms in total. The molecule has 1 fully saturated rings. The summed E-state index contributed by atoms with van der Waals surface area (Å²) in [6, 6.07) is 10.2. The van der Waals surface area contributed by atoms with Crippen LogP contribution in [0.25, 0.3) is 0 Å². The molecule has 1 saturated heterocycles. The minimum absolute atomic E-state index is 0. The van der Waals surface area contributed by atoms with Crippen LogP contribution in [0.2, 0.25) is 10.0 Å². The summed E-state index contributed by atoms with van der Waals surface area (Å²) in [4.78, 5) is 14.6. The number of carbonyl (C=O) groups is 1. The van der Waals surface area contributed by atoms with Crippen LogP contribution in [0.4, 0.5) is 16.2 Å². The van der Waals surface area contributed by atoms with E-state index in [9.17, 15) is 4.79 Å². The molecule has 1 aliphatic heterocycles. The molecular formula is C20H28Cl6N4O2. The summed E-state index contributed by atoms with van der Waals surface area (Å²) in [5, 5.41) is 9.70. The van der Waals surface area contributed by atoms with Gasteiger partial charge in [-0.1, -0.05) is 29.3 Å². The Morgan fingerprint density at radius 3 is 2.19 bits per heavy atom. The Morgan fingerprint density at radius 1 is 0.969 bits per heavy atom. The van der Waals surface area contributed by atoms with Crippen molar-refractivity contribution >= 4 is 90.2 Å². The summed E-state index contributed by atoms with van der Waals surface area (Å²) in [5.74, 6) is 0.766. The van der Waals surface area contributed by atoms with Crippen molar-refractivity contribution in [2.24, 2.45) is 0 Å². The molecule has 0 aliphatic carbocycles. The number of piperazine rings is 1. The summed E-state index contributed by atoms with van der Waals surface area (Å²) in [6.07, 6.45) is 0. The average molecular weight is 569 g/mol. The first-order valence-electron chi connectivity index (χ1n) is 9.21. The first kappa shape index (κ1) is 33.3. The molecule has 0 unspecified atom stereocenters. The van der Waals surface area contributed by atoms with Gasteiger partial charge in [-0.25, -0.2) is 4.79 Å². The van der Waals surface area contributed by atoms with Gasteiger partial charge >= 0.3 is 6.03 Å². The third-order valence-electron chi connectivity index (χ3n) is 4.50. The zero-order chi connectivity index (χ0) is 19.9. The van der Waals surface area contributed by atoms with E-state index in [2.05, 4.69) is 20.9 Å². The Balaban J connectivity index is 0. The maximum absolute atomic E-state index is 12.2. The predicted molar refractivity (Wildman–Crippen MR) is 144 cm³/mol. The first-order valence-corrected chi connectivity index (χ1v) is 9.96. The number of halogens is 6. The number of hydrogen-bond donors (Lipinski definition) is 3. The zero-order valence-electron chi connectivity index (χ0n) is 17.4. The third-order valence-corrected chi connectivity index (χ3v) is 5.24. The number of urea groups is 1. The van der Waals surface area contributed by atoms with Gasteiger partial charge in [0.2, 0.25) is 0 Å². The Bertz CT molecular complexity index is 838. The van der Waals surface area contributed by atoms with Gasteiger partial charge in [0, 0.05) is 50.2 Å². The fraction of sp³-hybridized carbons (Fsp3) is 0.350. The molecule has 12 heteroatoms. The Kier molecular flexibility index (Phi) is 17.4. The molecular weight excluding hydrogens is 541 g/mol. The van der Waals surface area contributed by atoms with Crippen molar-refractivity contribution in [1.82, 2.24) is 10.2 Å². The Hall–Kier alpha value is -0.830. The fourth-order valence-corrected chi connectivity index (χ4v) is 3.22. The van der Waals surface area contributed by atoms with Crippen LogP contribution in [0.5, 0.6) is 5.75 Å². The molecule has 0 bridgehead atoms. The number of amides is 2. The lowest BCUT2D eigenvalue weighted by Gasteiger charge is -2.27. The van der Waals surface area contributed by atoms with Crippen LogP contribution in [0.15, 0.2) is 36.4 Å². The van der Waals surface area contributed by atoms with Crippen LogP contribution in [0.3, 0.4) is 0 Å². The molecule has 2 amide bonds. The second-order valence-corrected chi connectivity index (χ2v) is 7.44. The Labute approximate surface area is 223 Å². The molecule has 3 rings (SSSR count). The highest BCUT2D eigenvalue weighted by atomic mass is 35.5. The number of nitrogens with zero attached hydrogens (tertiary/aromatic N) is 1. The summed E-state index contributed by atoms with van der Waals surface area (Å²) >= 11 is 11.9. The van der Waals surface area contributed by atoms with E-state index in [1.54, 1.807) is 18.2 Å². The van der Waals surface area contributed by atoms with Crippen molar-refractivity contribution in [2.45, 2.75) is 6.92 Å². The highest BCUT2D eigenvalue weighted by Gasteiger charge is 2.10. The van der Waals surface area contributed by atoms with E-state index in [1.165, 1.54) is 0 Å². The van der Waals surface area contributed by atoms with E-state index >= 15 is 0 Å². The van der Waals surface area contributed by atoms with E-state index in [4.69, 9.17) is 27.9 Å². The lowest BCUT2D eigenvalue weighted by molar-refractivity contribution is 0.191. The van der Waals surface area contributed by atoms with Crippen molar-refractivity contribution in [3.8, 4) is 5.75 Å². The highest BCUT2D eigenvalue weighted by molar-refractivity contribution is 6.42. The van der Waals surface area contributed by atoms with Gasteiger partial charge in [0.15, 0.2) is 0 Å². The van der Waals surface area contributed by atoms with Gasteiger partial charge in [-0.15, -0.1) is 49.6 Å². The van der Waals surface area contributed by atoms with Crippen LogP contribution in [-0.4, -0.2) is 50.3 Å². The van der Waals surface area contributed by atoms with Gasteiger partial charge < -0.3 is 20.7 Å². The summed E-state index contributed by atoms with van der Waals surface area (Å²) in [7, 11) is 0. The van der Waals surface area contributed by atoms with Gasteiger partial charge in [0.1, 0.15) is 12.4 Å². The molecule has 0 radical (unpaired) electrons. The molecule has 32 heavy (non-hydrogen) atoms. The normalized spacial score (nSPS) is 12.7. The van der Waals surface area contributed by atoms with E-state index in [1.807, 2.05) is 25.1 Å². The summed E-state index contributed by atoms with van der Waals surface area (Å²) in [5.41, 5.74) is 2.24. The molecule has 182 valence electrons. The maximum Gasteiger partial charge on any atom is 0.323 e. The van der Waals surface area contributed by atoms with Crippen molar-refractivity contribution < 1.29 is 9.53 Å². The Morgan fingerprint density at radius 2 is 1.56 bits per heavy atom. The molecule has 1 aliphatic rings. The summed E-state index contributed by atoms with van der Waals surface area (Å²) in [6.45, 7) is 7.60. The van der Waals surface area contributed by atoms with Crippen LogP contribution >= 0.6 is 72.8 Å². The summed E-state index contributed by atoms with van der Waals surface area (Å²) < 4.78 is 5.94. The topological polar surface area (TPSA) is 65.6 Å². The van der Waals surface area contributed by atoms with E-state index in [-0.39, 0.29) is 55.7 Å². The van der Waals surface area contributed by atoms with Crippen LogP contribution in [0, 0.1) is 6.92 Å². The quantitative estimate of drug-likeness (QED) is 0.405. The van der Waals surface area contributed by atoms with E-state index < -0.39 is 0 Å². The minimum atomic E-state index is -0.367. The number of rotatable bonds is 6. The molecule has 2 aromatic carbocycles. The number of aryl methyl sites for hydroxylation is 1. The van der Waals surface area contributed by atoms with Crippen LogP contribution in [-0.2, 0) is 0 Å². The lowest BCUT2D eigenvalue weighted by atomic mass is 10.2. The van der Waals surface area contributed by atoms with Crippen molar-refractivity contribution in [3.63, 3.8) is 0 Å². The molecule has 2 aromatic rings. The van der Waals surface area contributed by atoms with Gasteiger partial charge in [-0.2, -0.15) is 0 Å². The second kappa shape index (κ2) is 16.7. The molecule has 3 N–H and O–H groups in total. The van der Waals surface area contributed by atoms with Crippen LogP contribution < -0.4 is 20.7 Å². The third kappa shape index (κ3) is 10.4. The SMILES string of the molecule is Cc1ccc(NC(=O)Nc2ccc(Cl)c(Cl)c2)cc1OCCN1CCNCC1.Cl.Cl.Cl.Cl. The van der Waals surface area contributed by atoms with Gasteiger partial charge in [0.25, 0.3) is 0 Å². The number of hydrogen-bond acceptors (Lipinski definition) is 4. The zero-order valence-corrected chi connectivity index (χ0v) is 22.1. The number of ether oxygens (including phenoxy) is 1. The predicted octanol–water partition coefficient (Wildman–Crippen LogP) is 5.92. The monoisotopic (exact) mass is 566 g/mol. The average Bonchev–Trinajstić information content (AvgIpc) is 2.68. The smallest absolute Gasteiger partial charge is 0.323 e. The number of nitrogens with one attached hydrogen (secondary N) is 3. The van der Waals surface area contributed by atoms with Gasteiger partial charge in [-0.3, -0.25) is 4.90 Å². The molecule has 1 heterocycles. The van der Waals surface area contributed by atoms with Gasteiger partial charge in [-0.05, 0) is 36.8 Å². The number of benzene rings is 2. The minimum Gasteiger partial charge on any atom is -0.492 e. The number of carbonyl (C=O) groups excluding carboxylic acids is 1. The number of anilines is 2. The molecule has 0 spiro atoms.